The maximum Gasteiger partial charge on any atom is 0.293 e. The quantitative estimate of drug-likeness (QED) is 0.114. The third-order valence-electron chi connectivity index (χ3n) is 5.29. The fourth-order valence-electron chi connectivity index (χ4n) is 3.50. The molecule has 1 heterocycles. The molecule has 0 atom stereocenters. The summed E-state index contributed by atoms with van der Waals surface area (Å²) in [6.45, 7) is 2.44. The summed E-state index contributed by atoms with van der Waals surface area (Å²) in [6.07, 6.45) is 1.63. The van der Waals surface area contributed by atoms with Gasteiger partial charge in [0.2, 0.25) is 0 Å². The van der Waals surface area contributed by atoms with Crippen LogP contribution in [0.15, 0.2) is 65.6 Å². The zero-order valence-electron chi connectivity index (χ0n) is 19.5. The molecule has 37 heavy (non-hydrogen) atoms. The average molecular weight is 634 g/mol. The second kappa shape index (κ2) is 11.7. The highest BCUT2D eigenvalue weighted by molar-refractivity contribution is 14.1. The molecule has 0 saturated carbocycles. The molecule has 1 aliphatic heterocycles. The zero-order chi connectivity index (χ0) is 26.5. The van der Waals surface area contributed by atoms with Crippen molar-refractivity contribution in [3.63, 3.8) is 0 Å². The number of ether oxygens (including phenoxy) is 2. The lowest BCUT2D eigenvalue weighted by molar-refractivity contribution is -0.384. The van der Waals surface area contributed by atoms with Gasteiger partial charge in [0, 0.05) is 12.1 Å². The number of imide groups is 1. The van der Waals surface area contributed by atoms with E-state index in [1.165, 1.54) is 36.4 Å². The summed E-state index contributed by atoms with van der Waals surface area (Å²) in [5, 5.41) is 10.5. The van der Waals surface area contributed by atoms with Gasteiger partial charge < -0.3 is 9.47 Å². The van der Waals surface area contributed by atoms with Gasteiger partial charge in [0.1, 0.15) is 12.4 Å². The monoisotopic (exact) mass is 634 g/mol. The minimum absolute atomic E-state index is 0.000214. The lowest BCUT2D eigenvalue weighted by Crippen LogP contribution is -2.27. The van der Waals surface area contributed by atoms with Crippen molar-refractivity contribution in [2.75, 3.05) is 6.61 Å². The van der Waals surface area contributed by atoms with Crippen molar-refractivity contribution in [2.24, 2.45) is 0 Å². The minimum atomic E-state index is -0.461. The van der Waals surface area contributed by atoms with Crippen LogP contribution >= 0.6 is 34.4 Å². The number of amides is 2. The van der Waals surface area contributed by atoms with Crippen LogP contribution in [0.2, 0.25) is 0 Å². The Morgan fingerprint density at radius 1 is 1.05 bits per heavy atom. The van der Waals surface area contributed by atoms with Gasteiger partial charge in [-0.25, -0.2) is 4.39 Å². The molecule has 1 saturated heterocycles. The highest BCUT2D eigenvalue weighted by Gasteiger charge is 2.35. The normalized spacial score (nSPS) is 14.4. The molecule has 4 rings (SSSR count). The summed E-state index contributed by atoms with van der Waals surface area (Å²) in [4.78, 5) is 37.2. The number of non-ortho nitro benzene ring substituents is 1. The molecular weight excluding hydrogens is 614 g/mol. The van der Waals surface area contributed by atoms with Gasteiger partial charge in [0.25, 0.3) is 16.8 Å². The lowest BCUT2D eigenvalue weighted by atomic mass is 10.1. The molecule has 1 fully saturated rings. The summed E-state index contributed by atoms with van der Waals surface area (Å²) in [5.41, 5.74) is 2.05. The SMILES string of the molecule is CCOc1cc(/C=C2/SC(=O)N(Cc3ccc(F)cc3)C2=O)cc(I)c1OCc1ccc([N+](=O)[O-])cc1. The molecule has 190 valence electrons. The number of nitrogens with zero attached hydrogens (tertiary/aromatic N) is 2. The van der Waals surface area contributed by atoms with Crippen molar-refractivity contribution in [1.29, 1.82) is 0 Å². The topological polar surface area (TPSA) is 99.0 Å². The zero-order valence-corrected chi connectivity index (χ0v) is 22.5. The Bertz CT molecular complexity index is 1380. The van der Waals surface area contributed by atoms with Gasteiger partial charge in [-0.15, -0.1) is 0 Å². The first-order chi connectivity index (χ1) is 17.7. The number of nitro groups is 1. The fraction of sp³-hybridized carbons (Fsp3) is 0.154. The van der Waals surface area contributed by atoms with Crippen molar-refractivity contribution in [2.45, 2.75) is 20.1 Å². The Morgan fingerprint density at radius 3 is 2.38 bits per heavy atom. The summed E-state index contributed by atoms with van der Waals surface area (Å²) in [7, 11) is 0. The van der Waals surface area contributed by atoms with Gasteiger partial charge in [-0.05, 0) is 100 Å². The predicted octanol–water partition coefficient (Wildman–Crippen LogP) is 6.55. The van der Waals surface area contributed by atoms with Crippen LogP contribution in [0.1, 0.15) is 23.6 Å². The van der Waals surface area contributed by atoms with Crippen molar-refractivity contribution < 1.29 is 28.4 Å². The molecule has 1 aliphatic rings. The number of hydrogen-bond acceptors (Lipinski definition) is 7. The predicted molar refractivity (Wildman–Crippen MR) is 146 cm³/mol. The van der Waals surface area contributed by atoms with Crippen LogP contribution in [-0.2, 0) is 17.9 Å². The lowest BCUT2D eigenvalue weighted by Gasteiger charge is -2.15. The number of carbonyl (C=O) groups is 2. The highest BCUT2D eigenvalue weighted by atomic mass is 127. The van der Waals surface area contributed by atoms with E-state index >= 15 is 0 Å². The van der Waals surface area contributed by atoms with E-state index in [2.05, 4.69) is 22.6 Å². The van der Waals surface area contributed by atoms with Gasteiger partial charge in [-0.2, -0.15) is 0 Å². The van der Waals surface area contributed by atoms with Gasteiger partial charge in [0.15, 0.2) is 11.5 Å². The molecule has 8 nitrogen and oxygen atoms in total. The Labute approximate surface area is 229 Å². The molecule has 3 aromatic rings. The second-order valence-corrected chi connectivity index (χ2v) is 10.0. The number of benzene rings is 3. The molecule has 0 spiro atoms. The molecule has 2 amide bonds. The number of halogens is 2. The standard InChI is InChI=1S/C26H20FIN2O6S/c1-2-35-22-12-18(11-21(28)24(22)36-15-17-5-9-20(10-6-17)30(33)34)13-23-25(31)29(26(32)37-23)14-16-3-7-19(27)8-4-16/h3-13H,2,14-15H2,1H3/b23-13+. The molecular formula is C26H20FIN2O6S. The first-order valence-corrected chi connectivity index (χ1v) is 13.0. The Balaban J connectivity index is 1.52. The number of rotatable bonds is 9. The van der Waals surface area contributed by atoms with E-state index in [-0.39, 0.29) is 23.7 Å². The van der Waals surface area contributed by atoms with Crippen LogP contribution in [0.4, 0.5) is 14.9 Å². The Morgan fingerprint density at radius 2 is 1.73 bits per heavy atom. The largest absolute Gasteiger partial charge is 0.490 e. The van der Waals surface area contributed by atoms with Crippen LogP contribution in [0.25, 0.3) is 6.08 Å². The summed E-state index contributed by atoms with van der Waals surface area (Å²) < 4.78 is 25.7. The first-order valence-electron chi connectivity index (χ1n) is 11.1. The van der Waals surface area contributed by atoms with E-state index in [0.29, 0.717) is 29.2 Å². The number of hydrogen-bond donors (Lipinski definition) is 0. The van der Waals surface area contributed by atoms with Gasteiger partial charge >= 0.3 is 0 Å². The molecule has 0 bridgehead atoms. The van der Waals surface area contributed by atoms with E-state index in [1.807, 2.05) is 13.0 Å². The van der Waals surface area contributed by atoms with E-state index in [0.717, 1.165) is 25.8 Å². The number of thioether (sulfide) groups is 1. The van der Waals surface area contributed by atoms with Gasteiger partial charge in [-0.3, -0.25) is 24.6 Å². The maximum atomic E-state index is 13.2. The van der Waals surface area contributed by atoms with Crippen molar-refractivity contribution >= 4 is 57.3 Å². The summed E-state index contributed by atoms with van der Waals surface area (Å²) in [6, 6.07) is 15.3. The summed E-state index contributed by atoms with van der Waals surface area (Å²) in [5.74, 6) is 0.152. The maximum absolute atomic E-state index is 13.2. The molecule has 0 unspecified atom stereocenters. The van der Waals surface area contributed by atoms with Gasteiger partial charge in [0.05, 0.1) is 26.6 Å². The Hall–Kier alpha value is -3.45. The van der Waals surface area contributed by atoms with E-state index in [9.17, 15) is 24.1 Å². The van der Waals surface area contributed by atoms with E-state index in [4.69, 9.17) is 9.47 Å². The van der Waals surface area contributed by atoms with Crippen LogP contribution in [0.3, 0.4) is 0 Å². The van der Waals surface area contributed by atoms with Crippen LogP contribution in [0, 0.1) is 19.5 Å². The Kier molecular flexibility index (Phi) is 8.44. The van der Waals surface area contributed by atoms with Gasteiger partial charge in [-0.1, -0.05) is 12.1 Å². The fourth-order valence-corrected chi connectivity index (χ4v) is 5.12. The second-order valence-electron chi connectivity index (χ2n) is 7.87. The van der Waals surface area contributed by atoms with E-state index in [1.54, 1.807) is 24.3 Å². The van der Waals surface area contributed by atoms with Crippen LogP contribution in [-0.4, -0.2) is 27.6 Å². The van der Waals surface area contributed by atoms with Crippen molar-refractivity contribution in [3.8, 4) is 11.5 Å². The average Bonchev–Trinajstić information content (AvgIpc) is 3.12. The molecule has 0 N–H and O–H groups in total. The van der Waals surface area contributed by atoms with Crippen molar-refractivity contribution in [1.82, 2.24) is 4.90 Å². The third-order valence-corrected chi connectivity index (χ3v) is 7.00. The van der Waals surface area contributed by atoms with Crippen LogP contribution in [0.5, 0.6) is 11.5 Å². The van der Waals surface area contributed by atoms with Crippen molar-refractivity contribution in [3.05, 3.63) is 102 Å². The third kappa shape index (κ3) is 6.46. The first kappa shape index (κ1) is 26.6. The van der Waals surface area contributed by atoms with E-state index < -0.39 is 21.9 Å². The molecule has 0 aliphatic carbocycles. The molecule has 3 aromatic carbocycles. The smallest absolute Gasteiger partial charge is 0.293 e. The molecule has 0 aromatic heterocycles. The summed E-state index contributed by atoms with van der Waals surface area (Å²) >= 11 is 2.94. The highest BCUT2D eigenvalue weighted by Crippen LogP contribution is 2.38. The molecule has 11 heteroatoms. The van der Waals surface area contributed by atoms with Crippen LogP contribution < -0.4 is 9.47 Å². The number of carbonyl (C=O) groups excluding carboxylic acids is 2. The molecule has 0 radical (unpaired) electrons. The minimum Gasteiger partial charge on any atom is -0.490 e. The number of nitro benzene ring substituents is 1.